The Balaban J connectivity index is 0.000000577. The molecule has 0 saturated carbocycles. The fourth-order valence-corrected chi connectivity index (χ4v) is 3.50. The van der Waals surface area contributed by atoms with Gasteiger partial charge >= 0.3 is 11.9 Å². The molecule has 1 unspecified atom stereocenters. The van der Waals surface area contributed by atoms with E-state index in [1.807, 2.05) is 74.5 Å². The molecule has 10 nitrogen and oxygen atoms in total. The number of benzene rings is 4. The van der Waals surface area contributed by atoms with Crippen LogP contribution in [0.1, 0.15) is 48.2 Å². The van der Waals surface area contributed by atoms with E-state index in [2.05, 4.69) is 0 Å². The van der Waals surface area contributed by atoms with Gasteiger partial charge in [0.2, 0.25) is 0 Å². The van der Waals surface area contributed by atoms with Crippen LogP contribution in [0.25, 0.3) is 0 Å². The molecule has 0 bridgehead atoms. The Morgan fingerprint density at radius 3 is 1.11 bits per heavy atom. The number of carbonyl (C=O) groups is 2. The van der Waals surface area contributed by atoms with E-state index in [1.165, 1.54) is 35.4 Å². The molecule has 0 saturated heterocycles. The predicted octanol–water partition coefficient (Wildman–Crippen LogP) is 4.29. The van der Waals surface area contributed by atoms with Gasteiger partial charge in [0.15, 0.2) is 12.2 Å². The summed E-state index contributed by atoms with van der Waals surface area (Å²) in [6, 6.07) is 32.7. The average Bonchev–Trinajstić information content (AvgIpc) is 2.99. The topological polar surface area (TPSA) is 208 Å². The number of hydrogen-bond acceptors (Lipinski definition) is 8. The van der Waals surface area contributed by atoms with Crippen molar-refractivity contribution in [2.45, 2.75) is 51.0 Å². The maximum atomic E-state index is 10.3. The average molecular weight is 641 g/mol. The number of carboxylic acids is 2. The third kappa shape index (κ3) is 18.1. The molecule has 0 heterocycles. The second-order valence-corrected chi connectivity index (χ2v) is 9.85. The van der Waals surface area contributed by atoms with Gasteiger partial charge in [-0.3, -0.25) is 0 Å². The minimum atomic E-state index is -1.42. The summed E-state index contributed by atoms with van der Waals surface area (Å²) in [6.45, 7) is 3.96. The first kappa shape index (κ1) is 40.6. The molecule has 0 spiro atoms. The highest BCUT2D eigenvalue weighted by Gasteiger charge is 2.14. The van der Waals surface area contributed by atoms with Crippen LogP contribution in [0.3, 0.4) is 0 Å². The number of phenolic OH excluding ortho intramolecular Hbond substituents is 2. The normalized spacial score (nSPS) is 12.4. The first-order valence-electron chi connectivity index (χ1n) is 13.8. The fraction of sp³-hybridized carbons (Fsp3) is 0.235. The van der Waals surface area contributed by atoms with Crippen LogP contribution in [-0.2, 0) is 22.4 Å². The van der Waals surface area contributed by atoms with Crippen molar-refractivity contribution in [3.8, 4) is 11.5 Å². The molecule has 0 aliphatic rings. The van der Waals surface area contributed by atoms with Crippen LogP contribution in [0.15, 0.2) is 109 Å². The molecule has 4 aromatic carbocycles. The Morgan fingerprint density at radius 1 is 0.578 bits per heavy atom. The van der Waals surface area contributed by atoms with E-state index in [0.717, 1.165) is 0 Å². The van der Waals surface area contributed by atoms with E-state index in [4.69, 9.17) is 42.1 Å². The largest absolute Gasteiger partial charge is 0.508 e. The Bertz CT molecular complexity index is 1280. The second-order valence-electron chi connectivity index (χ2n) is 9.85. The maximum Gasteiger partial charge on any atom is 0.332 e. The number of aromatic hydroxyl groups is 2. The number of hydrogen-bond donors (Lipinski definition) is 8. The summed E-state index contributed by atoms with van der Waals surface area (Å²) in [7, 11) is 0. The van der Waals surface area contributed by atoms with Crippen molar-refractivity contribution in [1.82, 2.24) is 0 Å². The molecule has 0 aliphatic carbocycles. The molecule has 0 amide bonds. The highest BCUT2D eigenvalue weighted by molar-refractivity contribution is 7.59. The van der Waals surface area contributed by atoms with Crippen LogP contribution in [-0.4, -0.2) is 54.8 Å². The van der Waals surface area contributed by atoms with Crippen LogP contribution < -0.4 is 11.5 Å². The summed E-state index contributed by atoms with van der Waals surface area (Å²) in [5, 5.41) is 52.9. The number of carboxylic acid groups (broad SMARTS) is 2. The smallest absolute Gasteiger partial charge is 0.332 e. The summed E-state index contributed by atoms with van der Waals surface area (Å²) in [4.78, 5) is 20.6. The van der Waals surface area contributed by atoms with Crippen molar-refractivity contribution in [1.29, 1.82) is 0 Å². The van der Waals surface area contributed by atoms with Gasteiger partial charge in [0.05, 0.1) is 0 Å². The first-order chi connectivity index (χ1) is 20.8. The minimum absolute atomic E-state index is 0. The van der Waals surface area contributed by atoms with Crippen LogP contribution in [0.4, 0.5) is 0 Å². The number of aliphatic hydroxyl groups is 2. The van der Waals surface area contributed by atoms with Gasteiger partial charge in [0.1, 0.15) is 11.5 Å². The van der Waals surface area contributed by atoms with Gasteiger partial charge in [-0.05, 0) is 60.4 Å². The Hall–Kier alpha value is -4.39. The van der Waals surface area contributed by atoms with E-state index < -0.39 is 24.1 Å². The van der Waals surface area contributed by atoms with Crippen molar-refractivity contribution < 1.29 is 40.2 Å². The Kier molecular flexibility index (Phi) is 20.0. The Morgan fingerprint density at radius 2 is 0.889 bits per heavy atom. The third-order valence-corrected chi connectivity index (χ3v) is 5.90. The highest BCUT2D eigenvalue weighted by Crippen LogP contribution is 2.13. The standard InChI is InChI=1S/2C9H10O4.2C8H11N.H2S/c2*10-7-3-1-2-6(4-7)5-8(11)9(12)13;2*1-7(9)8-5-3-2-4-6-8;/h2*1-4,8,10-11H,5H2,(H,12,13);2*2-7H,9H2,1H3;1H2/t8-;;2*7-;/m0.00./s1. The van der Waals surface area contributed by atoms with Crippen molar-refractivity contribution in [2.24, 2.45) is 11.5 Å². The molecule has 4 aromatic rings. The van der Waals surface area contributed by atoms with Crippen molar-refractivity contribution >= 4 is 25.4 Å². The van der Waals surface area contributed by atoms with Crippen molar-refractivity contribution in [3.63, 3.8) is 0 Å². The summed E-state index contributed by atoms with van der Waals surface area (Å²) < 4.78 is 0. The van der Waals surface area contributed by atoms with Crippen molar-refractivity contribution in [2.75, 3.05) is 0 Å². The SMILES string of the molecule is C[C@H](N)c1ccccc1.C[C@H](N)c1ccccc1.O=C(O)C(O)Cc1cccc(O)c1.O=C(O)[C@@H](O)Cc1cccc(O)c1.S. The van der Waals surface area contributed by atoms with Gasteiger partial charge in [-0.15, -0.1) is 0 Å². The molecular weight excluding hydrogens is 596 g/mol. The molecule has 10 N–H and O–H groups in total. The maximum absolute atomic E-state index is 10.3. The first-order valence-corrected chi connectivity index (χ1v) is 13.8. The lowest BCUT2D eigenvalue weighted by molar-refractivity contribution is -0.147. The van der Waals surface area contributed by atoms with Gasteiger partial charge in [-0.1, -0.05) is 84.9 Å². The molecule has 4 atom stereocenters. The zero-order chi connectivity index (χ0) is 33.1. The van der Waals surface area contributed by atoms with Crippen molar-refractivity contribution in [3.05, 3.63) is 131 Å². The lowest BCUT2D eigenvalue weighted by Crippen LogP contribution is -2.21. The molecule has 0 radical (unpaired) electrons. The quantitative estimate of drug-likeness (QED) is 0.137. The van der Waals surface area contributed by atoms with E-state index in [0.29, 0.717) is 11.1 Å². The second kappa shape index (κ2) is 22.2. The minimum Gasteiger partial charge on any atom is -0.508 e. The fourth-order valence-electron chi connectivity index (χ4n) is 3.50. The molecule has 244 valence electrons. The van der Waals surface area contributed by atoms with Crippen LogP contribution >= 0.6 is 13.5 Å². The number of aliphatic carboxylic acids is 2. The number of rotatable bonds is 8. The molecule has 4 rings (SSSR count). The number of phenols is 2. The third-order valence-electron chi connectivity index (χ3n) is 5.90. The zero-order valence-electron chi connectivity index (χ0n) is 25.3. The lowest BCUT2D eigenvalue weighted by Gasteiger charge is -2.05. The molecular formula is C34H44N2O8S. The summed E-state index contributed by atoms with van der Waals surface area (Å²) in [5.74, 6) is -2.39. The summed E-state index contributed by atoms with van der Waals surface area (Å²) >= 11 is 0. The zero-order valence-corrected chi connectivity index (χ0v) is 26.3. The summed E-state index contributed by atoms with van der Waals surface area (Å²) in [5.41, 5.74) is 14.8. The molecule has 0 fully saturated rings. The van der Waals surface area contributed by atoms with Gasteiger partial charge in [0, 0.05) is 24.9 Å². The molecule has 11 heteroatoms. The number of aliphatic hydroxyl groups excluding tert-OH is 2. The van der Waals surface area contributed by atoms with Gasteiger partial charge < -0.3 is 42.1 Å². The summed E-state index contributed by atoms with van der Waals surface area (Å²) in [6.07, 6.45) is -2.82. The van der Waals surface area contributed by atoms with Gasteiger partial charge in [-0.2, -0.15) is 13.5 Å². The molecule has 0 aromatic heterocycles. The highest BCUT2D eigenvalue weighted by atomic mass is 32.1. The van der Waals surface area contributed by atoms with Crippen LogP contribution in [0.5, 0.6) is 11.5 Å². The van der Waals surface area contributed by atoms with Gasteiger partial charge in [-0.25, -0.2) is 9.59 Å². The van der Waals surface area contributed by atoms with Gasteiger partial charge in [0.25, 0.3) is 0 Å². The lowest BCUT2D eigenvalue weighted by atomic mass is 10.1. The van der Waals surface area contributed by atoms with E-state index in [1.54, 1.807) is 24.3 Å². The van der Waals surface area contributed by atoms with E-state index in [9.17, 15) is 9.59 Å². The van der Waals surface area contributed by atoms with Crippen LogP contribution in [0, 0.1) is 0 Å². The van der Waals surface area contributed by atoms with E-state index >= 15 is 0 Å². The predicted molar refractivity (Wildman–Crippen MR) is 179 cm³/mol. The Labute approximate surface area is 270 Å². The van der Waals surface area contributed by atoms with E-state index in [-0.39, 0.29) is 49.9 Å². The molecule has 0 aliphatic heterocycles. The molecule has 45 heavy (non-hydrogen) atoms. The van der Waals surface area contributed by atoms with Crippen LogP contribution in [0.2, 0.25) is 0 Å². The number of nitrogens with two attached hydrogens (primary N) is 2. The monoisotopic (exact) mass is 640 g/mol.